The molecule has 25 heavy (non-hydrogen) atoms. The Morgan fingerprint density at radius 3 is 2.84 bits per heavy atom. The summed E-state index contributed by atoms with van der Waals surface area (Å²) < 4.78 is 1.92. The van der Waals surface area contributed by atoms with Crippen molar-refractivity contribution in [3.8, 4) is 5.69 Å². The maximum Gasteiger partial charge on any atom is 0.151 e. The molecule has 0 amide bonds. The van der Waals surface area contributed by atoms with Gasteiger partial charge in [0.2, 0.25) is 0 Å². The molecule has 1 aliphatic rings. The van der Waals surface area contributed by atoms with E-state index >= 15 is 0 Å². The van der Waals surface area contributed by atoms with Crippen LogP contribution in [0, 0.1) is 0 Å². The van der Waals surface area contributed by atoms with Gasteiger partial charge in [0.05, 0.1) is 11.4 Å². The number of para-hydroxylation sites is 1. The van der Waals surface area contributed by atoms with Gasteiger partial charge in [-0.05, 0) is 43.2 Å². The van der Waals surface area contributed by atoms with Crippen LogP contribution in [0.15, 0.2) is 60.9 Å². The van der Waals surface area contributed by atoms with E-state index in [0.717, 1.165) is 36.8 Å². The van der Waals surface area contributed by atoms with Crippen LogP contribution in [0.25, 0.3) is 5.69 Å². The van der Waals surface area contributed by atoms with E-state index in [1.165, 1.54) is 12.8 Å². The van der Waals surface area contributed by atoms with E-state index in [1.54, 1.807) is 6.20 Å². The maximum absolute atomic E-state index is 4.64. The number of hydrogen-bond acceptors (Lipinski definition) is 5. The zero-order valence-electron chi connectivity index (χ0n) is 14.1. The summed E-state index contributed by atoms with van der Waals surface area (Å²) in [6, 6.07) is 16.7. The van der Waals surface area contributed by atoms with Crippen LogP contribution >= 0.6 is 0 Å². The Bertz CT molecular complexity index is 786. The smallest absolute Gasteiger partial charge is 0.151 e. The Kier molecular flexibility index (Phi) is 4.70. The lowest BCUT2D eigenvalue weighted by atomic mass is 10.2. The van der Waals surface area contributed by atoms with E-state index in [4.69, 9.17) is 0 Å². The monoisotopic (exact) mass is 334 g/mol. The lowest BCUT2D eigenvalue weighted by molar-refractivity contribution is 0.563. The van der Waals surface area contributed by atoms with Crippen molar-refractivity contribution in [1.82, 2.24) is 25.3 Å². The summed E-state index contributed by atoms with van der Waals surface area (Å²) in [5, 5.41) is 16.4. The van der Waals surface area contributed by atoms with Crippen molar-refractivity contribution in [2.45, 2.75) is 25.4 Å². The lowest BCUT2D eigenvalue weighted by Gasteiger charge is -2.25. The Morgan fingerprint density at radius 1 is 1.08 bits per heavy atom. The highest BCUT2D eigenvalue weighted by Crippen LogP contribution is 2.22. The van der Waals surface area contributed by atoms with Crippen molar-refractivity contribution >= 4 is 5.82 Å². The van der Waals surface area contributed by atoms with Crippen LogP contribution in [-0.4, -0.2) is 39.1 Å². The first-order valence-corrected chi connectivity index (χ1v) is 8.75. The summed E-state index contributed by atoms with van der Waals surface area (Å²) in [5.74, 6) is 0.972. The van der Waals surface area contributed by atoms with E-state index in [1.807, 2.05) is 41.2 Å². The minimum absolute atomic E-state index is 0.466. The number of anilines is 1. The molecule has 2 aromatic heterocycles. The van der Waals surface area contributed by atoms with Crippen LogP contribution in [0.3, 0.4) is 0 Å². The van der Waals surface area contributed by atoms with Crippen LogP contribution in [0.5, 0.6) is 0 Å². The predicted octanol–water partition coefficient (Wildman–Crippen LogP) is 2.42. The van der Waals surface area contributed by atoms with Crippen LogP contribution in [0.1, 0.15) is 18.5 Å². The van der Waals surface area contributed by atoms with Gasteiger partial charge >= 0.3 is 0 Å². The third-order valence-corrected chi connectivity index (χ3v) is 4.58. The largest absolute Gasteiger partial charge is 0.351 e. The number of benzene rings is 1. The quantitative estimate of drug-likeness (QED) is 0.750. The van der Waals surface area contributed by atoms with Gasteiger partial charge in [0, 0.05) is 38.1 Å². The van der Waals surface area contributed by atoms with Crippen LogP contribution in [0.4, 0.5) is 5.82 Å². The average molecular weight is 334 g/mol. The van der Waals surface area contributed by atoms with Gasteiger partial charge in [-0.1, -0.05) is 18.2 Å². The van der Waals surface area contributed by atoms with Gasteiger partial charge in [-0.25, -0.2) is 4.68 Å². The summed E-state index contributed by atoms with van der Waals surface area (Å²) >= 11 is 0. The molecular weight excluding hydrogens is 312 g/mol. The fourth-order valence-electron chi connectivity index (χ4n) is 3.34. The van der Waals surface area contributed by atoms with Crippen LogP contribution < -0.4 is 10.2 Å². The highest BCUT2D eigenvalue weighted by atomic mass is 15.3. The van der Waals surface area contributed by atoms with Gasteiger partial charge in [-0.2, -0.15) is 10.2 Å². The second-order valence-electron chi connectivity index (χ2n) is 6.29. The van der Waals surface area contributed by atoms with Crippen molar-refractivity contribution in [2.24, 2.45) is 0 Å². The van der Waals surface area contributed by atoms with Gasteiger partial charge < -0.3 is 10.2 Å². The summed E-state index contributed by atoms with van der Waals surface area (Å²) in [7, 11) is 0. The van der Waals surface area contributed by atoms with E-state index in [9.17, 15) is 0 Å². The molecule has 0 unspecified atom stereocenters. The molecule has 128 valence electrons. The normalized spacial score (nSPS) is 17.1. The Hall–Kier alpha value is -2.73. The molecule has 3 heterocycles. The van der Waals surface area contributed by atoms with Crippen LogP contribution in [-0.2, 0) is 6.54 Å². The minimum atomic E-state index is 0.466. The summed E-state index contributed by atoms with van der Waals surface area (Å²) in [4.78, 5) is 2.35. The van der Waals surface area contributed by atoms with Crippen LogP contribution in [0.2, 0.25) is 0 Å². The zero-order valence-corrected chi connectivity index (χ0v) is 14.1. The van der Waals surface area contributed by atoms with Crippen molar-refractivity contribution in [1.29, 1.82) is 0 Å². The molecule has 6 heteroatoms. The number of hydrogen-bond donors (Lipinski definition) is 1. The van der Waals surface area contributed by atoms with Crippen molar-refractivity contribution in [2.75, 3.05) is 18.0 Å². The average Bonchev–Trinajstić information content (AvgIpc) is 3.33. The lowest BCUT2D eigenvalue weighted by Crippen LogP contribution is -2.38. The summed E-state index contributed by atoms with van der Waals surface area (Å²) in [5.41, 5.74) is 2.13. The van der Waals surface area contributed by atoms with E-state index in [-0.39, 0.29) is 0 Å². The van der Waals surface area contributed by atoms with Crippen molar-refractivity contribution in [3.63, 3.8) is 0 Å². The van der Waals surface area contributed by atoms with Gasteiger partial charge in [0.25, 0.3) is 0 Å². The number of nitrogens with one attached hydrogen (secondary N) is 1. The molecule has 0 spiro atoms. The Labute approximate surface area is 147 Å². The van der Waals surface area contributed by atoms with Crippen molar-refractivity contribution in [3.05, 3.63) is 66.6 Å². The highest BCUT2D eigenvalue weighted by molar-refractivity contribution is 5.39. The zero-order chi connectivity index (χ0) is 16.9. The fraction of sp³-hybridized carbons (Fsp3) is 0.316. The Balaban J connectivity index is 1.33. The molecule has 0 bridgehead atoms. The summed E-state index contributed by atoms with van der Waals surface area (Å²) in [6.07, 6.45) is 6.11. The maximum atomic E-state index is 4.64. The second-order valence-corrected chi connectivity index (χ2v) is 6.29. The second kappa shape index (κ2) is 7.44. The first kappa shape index (κ1) is 15.8. The van der Waals surface area contributed by atoms with Gasteiger partial charge in [0.15, 0.2) is 5.82 Å². The molecule has 4 rings (SSSR count). The van der Waals surface area contributed by atoms with E-state index in [0.29, 0.717) is 6.04 Å². The predicted molar refractivity (Wildman–Crippen MR) is 97.7 cm³/mol. The SMILES string of the molecule is c1ccc(-n2ccc(CNC[C@@H]3CCCN3c3cccnn3)n2)cc1. The van der Waals surface area contributed by atoms with Crippen molar-refractivity contribution < 1.29 is 0 Å². The van der Waals surface area contributed by atoms with Gasteiger partial charge in [-0.3, -0.25) is 0 Å². The first-order valence-electron chi connectivity index (χ1n) is 8.75. The number of rotatable bonds is 6. The fourth-order valence-corrected chi connectivity index (χ4v) is 3.34. The standard InChI is InChI=1S/C19H22N6/c1-2-6-17(7-3-1)25-13-10-16(23-25)14-20-15-18-8-5-12-24(18)19-9-4-11-21-22-19/h1-4,6-7,9-11,13,18,20H,5,8,12,14-15H2/t18-/m0/s1. The van der Waals surface area contributed by atoms with E-state index in [2.05, 4.69) is 43.7 Å². The molecule has 0 radical (unpaired) electrons. The molecule has 3 aromatic rings. The molecule has 1 N–H and O–H groups in total. The first-order chi connectivity index (χ1) is 12.4. The molecule has 1 atom stereocenters. The third-order valence-electron chi connectivity index (χ3n) is 4.58. The minimum Gasteiger partial charge on any atom is -0.351 e. The number of nitrogens with zero attached hydrogens (tertiary/aromatic N) is 5. The molecule has 0 saturated carbocycles. The molecule has 1 aliphatic heterocycles. The van der Waals surface area contributed by atoms with Gasteiger partial charge in [-0.15, -0.1) is 5.10 Å². The Morgan fingerprint density at radius 2 is 2.00 bits per heavy atom. The molecule has 1 aromatic carbocycles. The third kappa shape index (κ3) is 3.69. The number of aromatic nitrogens is 4. The molecule has 1 fully saturated rings. The molecule has 6 nitrogen and oxygen atoms in total. The molecular formula is C19H22N6. The summed E-state index contributed by atoms with van der Waals surface area (Å²) in [6.45, 7) is 2.74. The molecule has 1 saturated heterocycles. The van der Waals surface area contributed by atoms with E-state index < -0.39 is 0 Å². The van der Waals surface area contributed by atoms with Gasteiger partial charge in [0.1, 0.15) is 0 Å². The topological polar surface area (TPSA) is 58.9 Å². The molecule has 0 aliphatic carbocycles. The highest BCUT2D eigenvalue weighted by Gasteiger charge is 2.25.